The number of carboxylic acid groups (broad SMARTS) is 1. The zero-order chi connectivity index (χ0) is 15.7. The zero-order valence-corrected chi connectivity index (χ0v) is 15.8. The van der Waals surface area contributed by atoms with Gasteiger partial charge in [-0.05, 0) is 43.4 Å². The van der Waals surface area contributed by atoms with Crippen LogP contribution in [0.1, 0.15) is 60.9 Å². The number of carboxylic acids is 1. The molecule has 0 unspecified atom stereocenters. The predicted octanol–water partition coefficient (Wildman–Crippen LogP) is -0.563. The monoisotopic (exact) mass is 321 g/mol. The molecule has 1 aromatic heterocycles. The van der Waals surface area contributed by atoms with Gasteiger partial charge in [0.2, 0.25) is 0 Å². The molecule has 3 rings (SSSR count). The molecule has 0 atom stereocenters. The number of aromatic carboxylic acids is 1. The van der Waals surface area contributed by atoms with Gasteiger partial charge < -0.3 is 14.5 Å². The van der Waals surface area contributed by atoms with Crippen molar-refractivity contribution in [2.24, 2.45) is 0 Å². The summed E-state index contributed by atoms with van der Waals surface area (Å²) in [7, 11) is 0. The first-order valence-electron chi connectivity index (χ1n) is 8.00. The van der Waals surface area contributed by atoms with E-state index in [1.807, 2.05) is 19.1 Å². The number of carbonyl (C=O) groups is 1. The summed E-state index contributed by atoms with van der Waals surface area (Å²) < 4.78 is 1.80. The Kier molecular flexibility index (Phi) is 6.06. The second-order valence-corrected chi connectivity index (χ2v) is 6.06. The Morgan fingerprint density at radius 1 is 1.26 bits per heavy atom. The van der Waals surface area contributed by atoms with Crippen LogP contribution in [0, 0.1) is 0 Å². The van der Waals surface area contributed by atoms with E-state index >= 15 is 0 Å². The normalized spacial score (nSPS) is 15.3. The fourth-order valence-corrected chi connectivity index (χ4v) is 3.51. The molecular formula is C18H20NNaO3. The second-order valence-electron chi connectivity index (χ2n) is 6.06. The van der Waals surface area contributed by atoms with E-state index < -0.39 is 11.4 Å². The van der Waals surface area contributed by atoms with E-state index in [4.69, 9.17) is 0 Å². The molecule has 1 heterocycles. The molecule has 2 aromatic rings. The van der Waals surface area contributed by atoms with Crippen LogP contribution in [0.2, 0.25) is 0 Å². The molecule has 0 bridgehead atoms. The third kappa shape index (κ3) is 3.54. The molecule has 1 aromatic carbocycles. The van der Waals surface area contributed by atoms with Crippen LogP contribution in [0.25, 0.3) is 10.9 Å². The Bertz CT molecular complexity index is 776. The van der Waals surface area contributed by atoms with Gasteiger partial charge in [0.1, 0.15) is 0 Å². The molecule has 116 valence electrons. The van der Waals surface area contributed by atoms with Crippen molar-refractivity contribution in [2.45, 2.75) is 51.5 Å². The zero-order valence-electron chi connectivity index (χ0n) is 13.8. The summed E-state index contributed by atoms with van der Waals surface area (Å²) in [6.45, 7) is 2.54. The van der Waals surface area contributed by atoms with Crippen molar-refractivity contribution < 1.29 is 39.5 Å². The topological polar surface area (TPSA) is 62.1 Å². The molecule has 0 radical (unpaired) electrons. The number of hydrogen-bond donors (Lipinski definition) is 0. The molecule has 0 N–H and O–H groups in total. The summed E-state index contributed by atoms with van der Waals surface area (Å²) >= 11 is 0. The first-order chi connectivity index (χ1) is 10.6. The SMILES string of the molecule is CCn1cc(C(=O)[O-])c(=O)c2cc(C3CCCCC3)ccc21.[Na+]. The van der Waals surface area contributed by atoms with E-state index in [-0.39, 0.29) is 35.1 Å². The number of aromatic nitrogens is 1. The van der Waals surface area contributed by atoms with Crippen LogP contribution in [-0.2, 0) is 6.54 Å². The maximum atomic E-state index is 12.4. The largest absolute Gasteiger partial charge is 1.00 e. The second kappa shape index (κ2) is 7.65. The minimum Gasteiger partial charge on any atom is -0.545 e. The van der Waals surface area contributed by atoms with E-state index in [0.717, 1.165) is 23.9 Å². The van der Waals surface area contributed by atoms with Crippen molar-refractivity contribution in [1.82, 2.24) is 4.57 Å². The van der Waals surface area contributed by atoms with Gasteiger partial charge in [-0.3, -0.25) is 4.79 Å². The number of hydrogen-bond acceptors (Lipinski definition) is 3. The molecule has 0 amide bonds. The Labute approximate surface area is 157 Å². The van der Waals surface area contributed by atoms with E-state index in [9.17, 15) is 14.7 Å². The molecule has 5 heteroatoms. The Hall–Kier alpha value is -1.10. The summed E-state index contributed by atoms with van der Waals surface area (Å²) in [5.41, 5.74) is 1.26. The minimum atomic E-state index is -1.41. The predicted molar refractivity (Wildman–Crippen MR) is 84.0 cm³/mol. The summed E-state index contributed by atoms with van der Waals surface area (Å²) in [5, 5.41) is 11.7. The third-order valence-electron chi connectivity index (χ3n) is 4.74. The van der Waals surface area contributed by atoms with Crippen LogP contribution in [0.5, 0.6) is 0 Å². The van der Waals surface area contributed by atoms with Gasteiger partial charge in [0, 0.05) is 18.1 Å². The molecule has 1 aliphatic carbocycles. The standard InChI is InChI=1S/C18H21NO3.Na/c1-2-19-11-15(18(21)22)17(20)14-10-13(8-9-16(14)19)12-6-4-3-5-7-12;/h8-12H,2-7H2,1H3,(H,21,22);/q;+1/p-1. The van der Waals surface area contributed by atoms with E-state index in [1.54, 1.807) is 4.57 Å². The molecule has 1 fully saturated rings. The van der Waals surface area contributed by atoms with Crippen molar-refractivity contribution >= 4 is 16.9 Å². The van der Waals surface area contributed by atoms with Crippen LogP contribution in [0.15, 0.2) is 29.2 Å². The molecule has 0 spiro atoms. The minimum absolute atomic E-state index is 0. The van der Waals surface area contributed by atoms with E-state index in [0.29, 0.717) is 17.8 Å². The number of nitrogens with zero attached hydrogens (tertiary/aromatic N) is 1. The van der Waals surface area contributed by atoms with Crippen molar-refractivity contribution in [1.29, 1.82) is 0 Å². The number of benzene rings is 1. The molecule has 1 aliphatic rings. The molecule has 1 saturated carbocycles. The van der Waals surface area contributed by atoms with Crippen LogP contribution in [0.3, 0.4) is 0 Å². The van der Waals surface area contributed by atoms with Crippen LogP contribution < -0.4 is 40.1 Å². The Morgan fingerprint density at radius 3 is 2.57 bits per heavy atom. The molecule has 0 saturated heterocycles. The number of rotatable bonds is 3. The van der Waals surface area contributed by atoms with E-state index in [1.165, 1.54) is 25.5 Å². The van der Waals surface area contributed by atoms with Crippen LogP contribution >= 0.6 is 0 Å². The Morgan fingerprint density at radius 2 is 1.96 bits per heavy atom. The summed E-state index contributed by atoms with van der Waals surface area (Å²) in [4.78, 5) is 23.6. The quantitative estimate of drug-likeness (QED) is 0.712. The number of carbonyl (C=O) groups excluding carboxylic acids is 1. The van der Waals surface area contributed by atoms with Gasteiger partial charge in [0.15, 0.2) is 5.43 Å². The molecule has 4 nitrogen and oxygen atoms in total. The van der Waals surface area contributed by atoms with Crippen LogP contribution in [-0.4, -0.2) is 10.5 Å². The molecule has 0 aliphatic heterocycles. The fraction of sp³-hybridized carbons (Fsp3) is 0.444. The van der Waals surface area contributed by atoms with Gasteiger partial charge in [-0.2, -0.15) is 0 Å². The number of aryl methyl sites for hydroxylation is 1. The van der Waals surface area contributed by atoms with Gasteiger partial charge >= 0.3 is 29.6 Å². The average Bonchev–Trinajstić information content (AvgIpc) is 2.55. The summed E-state index contributed by atoms with van der Waals surface area (Å²) in [6, 6.07) is 5.93. The van der Waals surface area contributed by atoms with Gasteiger partial charge in [-0.15, -0.1) is 0 Å². The maximum Gasteiger partial charge on any atom is 1.00 e. The third-order valence-corrected chi connectivity index (χ3v) is 4.74. The number of fused-ring (bicyclic) bond motifs is 1. The Balaban J connectivity index is 0.00000192. The van der Waals surface area contributed by atoms with Gasteiger partial charge in [0.25, 0.3) is 0 Å². The average molecular weight is 321 g/mol. The smallest absolute Gasteiger partial charge is 0.545 e. The maximum absolute atomic E-state index is 12.4. The summed E-state index contributed by atoms with van der Waals surface area (Å²) in [6.07, 6.45) is 7.41. The van der Waals surface area contributed by atoms with Crippen molar-refractivity contribution in [3.63, 3.8) is 0 Å². The first kappa shape index (κ1) is 18.2. The fourth-order valence-electron chi connectivity index (χ4n) is 3.51. The molecule has 23 heavy (non-hydrogen) atoms. The van der Waals surface area contributed by atoms with Crippen molar-refractivity contribution in [2.75, 3.05) is 0 Å². The van der Waals surface area contributed by atoms with Crippen molar-refractivity contribution in [3.8, 4) is 0 Å². The van der Waals surface area contributed by atoms with Gasteiger partial charge in [-0.1, -0.05) is 25.3 Å². The molecular weight excluding hydrogens is 301 g/mol. The van der Waals surface area contributed by atoms with E-state index in [2.05, 4.69) is 6.07 Å². The number of pyridine rings is 1. The summed E-state index contributed by atoms with van der Waals surface area (Å²) in [5.74, 6) is -0.920. The van der Waals surface area contributed by atoms with Gasteiger partial charge in [0.05, 0.1) is 17.0 Å². The first-order valence-corrected chi connectivity index (χ1v) is 8.00. The van der Waals surface area contributed by atoms with Crippen molar-refractivity contribution in [3.05, 3.63) is 45.7 Å². The van der Waals surface area contributed by atoms with Gasteiger partial charge in [-0.25, -0.2) is 0 Å². The van der Waals surface area contributed by atoms with Crippen LogP contribution in [0.4, 0.5) is 0 Å².